The van der Waals surface area contributed by atoms with Crippen molar-refractivity contribution < 1.29 is 9.78 Å². The highest BCUT2D eigenvalue weighted by Crippen LogP contribution is 2.16. The second kappa shape index (κ2) is 6.79. The van der Waals surface area contributed by atoms with Crippen molar-refractivity contribution in [3.05, 3.63) is 54.2 Å². The number of nitriles is 1. The number of benzene rings is 1. The molecule has 1 aliphatic rings. The van der Waals surface area contributed by atoms with Gasteiger partial charge in [0.05, 0.1) is 19.3 Å². The van der Waals surface area contributed by atoms with E-state index < -0.39 is 0 Å². The zero-order valence-corrected chi connectivity index (χ0v) is 12.7. The van der Waals surface area contributed by atoms with Crippen LogP contribution in [0.25, 0.3) is 0 Å². The zero-order valence-electron chi connectivity index (χ0n) is 12.7. The van der Waals surface area contributed by atoms with Gasteiger partial charge in [0, 0.05) is 5.69 Å². The maximum absolute atomic E-state index is 12.3. The Balaban J connectivity index is 1.60. The van der Waals surface area contributed by atoms with E-state index in [-0.39, 0.29) is 6.03 Å². The van der Waals surface area contributed by atoms with Gasteiger partial charge in [0.15, 0.2) is 0 Å². The van der Waals surface area contributed by atoms with Gasteiger partial charge in [0.25, 0.3) is 5.82 Å². The van der Waals surface area contributed by atoms with E-state index in [2.05, 4.69) is 21.3 Å². The largest absolute Gasteiger partial charge is 0.322 e. The van der Waals surface area contributed by atoms with Gasteiger partial charge in [-0.2, -0.15) is 5.26 Å². The Morgan fingerprint density at radius 3 is 2.52 bits per heavy atom. The standard InChI is InChI=1S/C17H17N5O/c18-13-14-5-4-8-19-16(14)21-9-11-22(12-10-21)17(23)20-15-6-2-1-3-7-15/h1-8H,9-12H2,(H,20,23)/p+1. The van der Waals surface area contributed by atoms with Gasteiger partial charge in [-0.1, -0.05) is 18.2 Å². The summed E-state index contributed by atoms with van der Waals surface area (Å²) in [6.45, 7) is 2.62. The summed E-state index contributed by atoms with van der Waals surface area (Å²) in [5.74, 6) is 0.818. The first-order valence-electron chi connectivity index (χ1n) is 7.54. The molecule has 23 heavy (non-hydrogen) atoms. The van der Waals surface area contributed by atoms with Crippen LogP contribution in [0.15, 0.2) is 48.7 Å². The van der Waals surface area contributed by atoms with Gasteiger partial charge in [-0.05, 0) is 24.3 Å². The van der Waals surface area contributed by atoms with Gasteiger partial charge < -0.3 is 10.2 Å². The molecule has 2 N–H and O–H groups in total. The normalized spacial score (nSPS) is 14.2. The number of carbonyl (C=O) groups excluding carboxylic acids is 1. The van der Waals surface area contributed by atoms with Crippen LogP contribution in [0, 0.1) is 11.3 Å². The average Bonchev–Trinajstić information content (AvgIpc) is 2.62. The van der Waals surface area contributed by atoms with Crippen LogP contribution in [-0.4, -0.2) is 37.1 Å². The first kappa shape index (κ1) is 14.9. The monoisotopic (exact) mass is 308 g/mol. The Bertz CT molecular complexity index is 717. The van der Waals surface area contributed by atoms with Crippen LogP contribution >= 0.6 is 0 Å². The summed E-state index contributed by atoms with van der Waals surface area (Å²) >= 11 is 0. The Labute approximate surface area is 135 Å². The molecule has 1 aromatic heterocycles. The highest BCUT2D eigenvalue weighted by atomic mass is 16.2. The number of rotatable bonds is 2. The fraction of sp³-hybridized carbons (Fsp3) is 0.235. The van der Waals surface area contributed by atoms with Crippen molar-refractivity contribution in [2.24, 2.45) is 0 Å². The number of hydrogen-bond acceptors (Lipinski definition) is 3. The number of nitrogens with one attached hydrogen (secondary N) is 2. The molecule has 1 aliphatic heterocycles. The second-order valence-electron chi connectivity index (χ2n) is 5.31. The van der Waals surface area contributed by atoms with Crippen LogP contribution in [0.3, 0.4) is 0 Å². The maximum Gasteiger partial charge on any atom is 0.322 e. The lowest BCUT2D eigenvalue weighted by atomic mass is 10.2. The minimum Gasteiger partial charge on any atom is -0.317 e. The molecule has 0 radical (unpaired) electrons. The van der Waals surface area contributed by atoms with Gasteiger partial charge in [-0.25, -0.2) is 9.78 Å². The first-order chi connectivity index (χ1) is 11.3. The highest BCUT2D eigenvalue weighted by Gasteiger charge is 2.28. The van der Waals surface area contributed by atoms with Crippen molar-refractivity contribution >= 4 is 17.5 Å². The minimum atomic E-state index is -0.0894. The van der Waals surface area contributed by atoms with Crippen molar-refractivity contribution in [2.45, 2.75) is 0 Å². The molecule has 0 bridgehead atoms. The maximum atomic E-state index is 12.3. The Kier molecular flexibility index (Phi) is 4.39. The molecule has 1 fully saturated rings. The van der Waals surface area contributed by atoms with E-state index in [1.807, 2.05) is 42.6 Å². The lowest BCUT2D eigenvalue weighted by Crippen LogP contribution is -2.51. The van der Waals surface area contributed by atoms with E-state index in [9.17, 15) is 10.1 Å². The van der Waals surface area contributed by atoms with Crippen LogP contribution in [0.5, 0.6) is 0 Å². The lowest BCUT2D eigenvalue weighted by Gasteiger charge is -2.31. The summed E-state index contributed by atoms with van der Waals surface area (Å²) in [7, 11) is 0. The molecule has 3 rings (SSSR count). The van der Waals surface area contributed by atoms with E-state index in [4.69, 9.17) is 0 Å². The third kappa shape index (κ3) is 3.40. The summed E-state index contributed by atoms with van der Waals surface area (Å²) in [6.07, 6.45) is 1.81. The van der Waals surface area contributed by atoms with E-state index in [0.717, 1.165) is 11.5 Å². The van der Waals surface area contributed by atoms with Gasteiger partial charge in [-0.3, -0.25) is 4.90 Å². The van der Waals surface area contributed by atoms with Crippen molar-refractivity contribution in [1.82, 2.24) is 4.90 Å². The molecule has 6 heteroatoms. The number of carbonyl (C=O) groups is 1. The number of piperazine rings is 1. The van der Waals surface area contributed by atoms with E-state index in [1.165, 1.54) is 0 Å². The van der Waals surface area contributed by atoms with Crippen LogP contribution in [0.1, 0.15) is 5.56 Å². The summed E-state index contributed by atoms with van der Waals surface area (Å²) in [6, 6.07) is 15.1. The molecule has 2 heterocycles. The number of para-hydroxylation sites is 1. The quantitative estimate of drug-likeness (QED) is 0.918. The van der Waals surface area contributed by atoms with Gasteiger partial charge >= 0.3 is 6.03 Å². The number of H-pyrrole nitrogens is 1. The molecule has 1 saturated heterocycles. The van der Waals surface area contributed by atoms with Crippen LogP contribution in [0.2, 0.25) is 0 Å². The number of anilines is 2. The molecule has 0 atom stereocenters. The number of pyridine rings is 1. The molecule has 0 unspecified atom stereocenters. The number of amides is 2. The van der Waals surface area contributed by atoms with Crippen LogP contribution in [-0.2, 0) is 0 Å². The number of nitrogens with zero attached hydrogens (tertiary/aromatic N) is 3. The molecule has 0 spiro atoms. The number of aromatic amines is 1. The topological polar surface area (TPSA) is 73.5 Å². The number of urea groups is 1. The minimum absolute atomic E-state index is 0.0894. The van der Waals surface area contributed by atoms with Crippen LogP contribution in [0.4, 0.5) is 16.3 Å². The van der Waals surface area contributed by atoms with Gasteiger partial charge in [0.1, 0.15) is 24.7 Å². The Morgan fingerprint density at radius 1 is 1.09 bits per heavy atom. The molecule has 2 aromatic rings. The van der Waals surface area contributed by atoms with Crippen molar-refractivity contribution in [3.63, 3.8) is 0 Å². The van der Waals surface area contributed by atoms with Crippen molar-refractivity contribution in [1.29, 1.82) is 5.26 Å². The van der Waals surface area contributed by atoms with Crippen molar-refractivity contribution in [2.75, 3.05) is 36.4 Å². The number of hydrogen-bond donors (Lipinski definition) is 1. The van der Waals surface area contributed by atoms with E-state index in [0.29, 0.717) is 31.7 Å². The predicted octanol–water partition coefficient (Wildman–Crippen LogP) is 1.73. The smallest absolute Gasteiger partial charge is 0.317 e. The molecule has 0 aliphatic carbocycles. The summed E-state index contributed by atoms with van der Waals surface area (Å²) in [4.78, 5) is 19.3. The number of aromatic nitrogens is 1. The Morgan fingerprint density at radius 2 is 1.83 bits per heavy atom. The molecular formula is C17H18N5O+. The lowest BCUT2D eigenvalue weighted by molar-refractivity contribution is -0.364. The fourth-order valence-electron chi connectivity index (χ4n) is 2.64. The summed E-state index contributed by atoms with van der Waals surface area (Å²) < 4.78 is 0. The first-order valence-corrected chi connectivity index (χ1v) is 7.54. The van der Waals surface area contributed by atoms with Crippen LogP contribution < -0.4 is 15.2 Å². The highest BCUT2D eigenvalue weighted by molar-refractivity contribution is 5.89. The molecule has 6 nitrogen and oxygen atoms in total. The zero-order chi connectivity index (χ0) is 16.1. The summed E-state index contributed by atoms with van der Waals surface area (Å²) in [5, 5.41) is 12.1. The Hall–Kier alpha value is -3.07. The third-order valence-electron chi connectivity index (χ3n) is 3.86. The molecule has 1 aromatic carbocycles. The van der Waals surface area contributed by atoms with Gasteiger partial charge in [-0.15, -0.1) is 0 Å². The second-order valence-corrected chi connectivity index (χ2v) is 5.31. The fourth-order valence-corrected chi connectivity index (χ4v) is 2.64. The summed E-state index contributed by atoms with van der Waals surface area (Å²) in [5.41, 5.74) is 1.41. The molecule has 2 amide bonds. The molecular weight excluding hydrogens is 290 g/mol. The molecule has 116 valence electrons. The third-order valence-corrected chi connectivity index (χ3v) is 3.86. The van der Waals surface area contributed by atoms with E-state index >= 15 is 0 Å². The molecule has 0 saturated carbocycles. The average molecular weight is 308 g/mol. The SMILES string of the molecule is N#Cc1ccc[nH+]c1N1CCN(C(=O)Nc2ccccc2)CC1. The van der Waals surface area contributed by atoms with Gasteiger partial charge in [0.2, 0.25) is 0 Å². The van der Waals surface area contributed by atoms with Crippen molar-refractivity contribution in [3.8, 4) is 6.07 Å². The predicted molar refractivity (Wildman–Crippen MR) is 87.0 cm³/mol. The van der Waals surface area contributed by atoms with E-state index in [1.54, 1.807) is 11.0 Å².